The van der Waals surface area contributed by atoms with Crippen molar-refractivity contribution in [2.45, 2.75) is 26.1 Å². The molecule has 4 nitrogen and oxygen atoms in total. The number of rotatable bonds is 4. The van der Waals surface area contributed by atoms with Crippen molar-refractivity contribution in [2.24, 2.45) is 5.92 Å². The Morgan fingerprint density at radius 3 is 2.10 bits per heavy atom. The molecular weight excluding hydrogens is 277 g/mol. The Balaban J connectivity index is 2.76. The fourth-order valence-electron chi connectivity index (χ4n) is 1.30. The zero-order valence-electron chi connectivity index (χ0n) is 10.8. The van der Waals surface area contributed by atoms with Gasteiger partial charge in [0.1, 0.15) is 5.75 Å². The molecular formula is C13H13F3O4. The van der Waals surface area contributed by atoms with Crippen molar-refractivity contribution in [3.05, 3.63) is 30.3 Å². The third kappa shape index (κ3) is 4.56. The minimum absolute atomic E-state index is 0.159. The molecule has 0 aromatic heterocycles. The fraction of sp³-hybridized carbons (Fsp3) is 0.385. The molecule has 1 unspecified atom stereocenters. The second kappa shape index (κ2) is 6.40. The first-order valence-corrected chi connectivity index (χ1v) is 5.76. The average Bonchev–Trinajstić information content (AvgIpc) is 2.35. The molecule has 0 aliphatic heterocycles. The maximum atomic E-state index is 12.1. The number of hydrogen-bond acceptors (Lipinski definition) is 4. The molecule has 0 saturated carbocycles. The van der Waals surface area contributed by atoms with Crippen molar-refractivity contribution >= 4 is 11.9 Å². The van der Waals surface area contributed by atoms with Crippen molar-refractivity contribution in [3.63, 3.8) is 0 Å². The van der Waals surface area contributed by atoms with E-state index in [1.54, 1.807) is 18.2 Å². The first-order valence-electron chi connectivity index (χ1n) is 5.76. The Bertz CT molecular complexity index is 468. The van der Waals surface area contributed by atoms with Crippen LogP contribution in [0.4, 0.5) is 13.2 Å². The molecule has 0 N–H and O–H groups in total. The Hall–Kier alpha value is -2.05. The molecule has 1 atom stereocenters. The van der Waals surface area contributed by atoms with Crippen LogP contribution in [-0.2, 0) is 14.3 Å². The Kier molecular flexibility index (Phi) is 5.12. The largest absolute Gasteiger partial charge is 0.490 e. The minimum atomic E-state index is -5.15. The Morgan fingerprint density at radius 2 is 1.65 bits per heavy atom. The lowest BCUT2D eigenvalue weighted by molar-refractivity contribution is -0.208. The molecule has 0 fully saturated rings. The van der Waals surface area contributed by atoms with Crippen LogP contribution >= 0.6 is 0 Å². The van der Waals surface area contributed by atoms with Gasteiger partial charge >= 0.3 is 18.1 Å². The molecule has 110 valence electrons. The van der Waals surface area contributed by atoms with Gasteiger partial charge in [-0.1, -0.05) is 32.0 Å². The van der Waals surface area contributed by atoms with E-state index in [1.807, 2.05) is 0 Å². The number of benzene rings is 1. The summed E-state index contributed by atoms with van der Waals surface area (Å²) >= 11 is 0. The topological polar surface area (TPSA) is 52.6 Å². The van der Waals surface area contributed by atoms with Crippen molar-refractivity contribution in [1.29, 1.82) is 0 Å². The molecule has 0 amide bonds. The monoisotopic (exact) mass is 290 g/mol. The number of alkyl halides is 3. The summed E-state index contributed by atoms with van der Waals surface area (Å²) < 4.78 is 45.4. The summed E-state index contributed by atoms with van der Waals surface area (Å²) in [7, 11) is 0. The standard InChI is InChI=1S/C13H13F3O4/c1-8(2)10(20-12(18)13(14,15)16)11(17)19-9-6-4-3-5-7-9/h3-8,10H,1-2H3. The smallest absolute Gasteiger partial charge is 0.443 e. The van der Waals surface area contributed by atoms with Crippen LogP contribution in [-0.4, -0.2) is 24.2 Å². The van der Waals surface area contributed by atoms with Gasteiger partial charge in [0.2, 0.25) is 6.10 Å². The van der Waals surface area contributed by atoms with Gasteiger partial charge in [-0.2, -0.15) is 13.2 Å². The summed E-state index contributed by atoms with van der Waals surface area (Å²) in [4.78, 5) is 22.5. The summed E-state index contributed by atoms with van der Waals surface area (Å²) in [5.41, 5.74) is 0. The number of hydrogen-bond donors (Lipinski definition) is 0. The summed E-state index contributed by atoms with van der Waals surface area (Å²) in [6.45, 7) is 2.89. The van der Waals surface area contributed by atoms with E-state index in [-0.39, 0.29) is 5.75 Å². The fourth-order valence-corrected chi connectivity index (χ4v) is 1.30. The van der Waals surface area contributed by atoms with E-state index in [0.717, 1.165) is 0 Å². The zero-order valence-corrected chi connectivity index (χ0v) is 10.8. The highest BCUT2D eigenvalue weighted by molar-refractivity contribution is 5.83. The molecule has 20 heavy (non-hydrogen) atoms. The molecule has 0 saturated heterocycles. The molecule has 0 bridgehead atoms. The molecule has 0 aliphatic rings. The van der Waals surface area contributed by atoms with Gasteiger partial charge in [-0.05, 0) is 12.1 Å². The molecule has 0 aliphatic carbocycles. The quantitative estimate of drug-likeness (QED) is 0.632. The first-order chi connectivity index (χ1) is 9.21. The molecule has 0 radical (unpaired) electrons. The van der Waals surface area contributed by atoms with Gasteiger partial charge in [-0.3, -0.25) is 0 Å². The zero-order chi connectivity index (χ0) is 15.3. The second-order valence-electron chi connectivity index (χ2n) is 4.30. The predicted molar refractivity (Wildman–Crippen MR) is 62.9 cm³/mol. The number of carbonyl (C=O) groups is 2. The van der Waals surface area contributed by atoms with E-state index in [0.29, 0.717) is 0 Å². The van der Waals surface area contributed by atoms with Crippen LogP contribution in [0.3, 0.4) is 0 Å². The van der Waals surface area contributed by atoms with Gasteiger partial charge in [0.05, 0.1) is 0 Å². The average molecular weight is 290 g/mol. The summed E-state index contributed by atoms with van der Waals surface area (Å²) in [6, 6.07) is 7.78. The Labute approximate surface area is 113 Å². The van der Waals surface area contributed by atoms with Gasteiger partial charge < -0.3 is 9.47 Å². The van der Waals surface area contributed by atoms with Crippen LogP contribution in [0.2, 0.25) is 0 Å². The first kappa shape index (κ1) is 16.0. The van der Waals surface area contributed by atoms with E-state index in [1.165, 1.54) is 26.0 Å². The maximum Gasteiger partial charge on any atom is 0.490 e. The highest BCUT2D eigenvalue weighted by atomic mass is 19.4. The number of ether oxygens (including phenoxy) is 2. The maximum absolute atomic E-state index is 12.1. The molecule has 1 rings (SSSR count). The third-order valence-electron chi connectivity index (χ3n) is 2.26. The summed E-state index contributed by atoms with van der Waals surface area (Å²) in [5, 5.41) is 0. The molecule has 1 aromatic rings. The number of carbonyl (C=O) groups excluding carboxylic acids is 2. The highest BCUT2D eigenvalue weighted by Crippen LogP contribution is 2.21. The van der Waals surface area contributed by atoms with E-state index >= 15 is 0 Å². The second-order valence-corrected chi connectivity index (χ2v) is 4.30. The summed E-state index contributed by atoms with van der Waals surface area (Å²) in [6.07, 6.45) is -6.77. The van der Waals surface area contributed by atoms with Crippen LogP contribution < -0.4 is 4.74 Å². The van der Waals surface area contributed by atoms with Gasteiger partial charge in [-0.25, -0.2) is 9.59 Å². The summed E-state index contributed by atoms with van der Waals surface area (Å²) in [5.74, 6) is -3.96. The van der Waals surface area contributed by atoms with Crippen molar-refractivity contribution in [3.8, 4) is 5.75 Å². The van der Waals surface area contributed by atoms with Crippen LogP contribution in [0.15, 0.2) is 30.3 Å². The van der Waals surface area contributed by atoms with E-state index in [4.69, 9.17) is 4.74 Å². The Morgan fingerprint density at radius 1 is 1.10 bits per heavy atom. The predicted octanol–water partition coefficient (Wildman–Crippen LogP) is 2.72. The van der Waals surface area contributed by atoms with Crippen LogP contribution in [0, 0.1) is 5.92 Å². The van der Waals surface area contributed by atoms with Crippen LogP contribution in [0.25, 0.3) is 0 Å². The molecule has 0 spiro atoms. The van der Waals surface area contributed by atoms with E-state index in [2.05, 4.69) is 4.74 Å². The van der Waals surface area contributed by atoms with E-state index < -0.39 is 30.1 Å². The lowest BCUT2D eigenvalue weighted by atomic mass is 10.1. The lowest BCUT2D eigenvalue weighted by Gasteiger charge is -2.20. The van der Waals surface area contributed by atoms with Crippen LogP contribution in [0.5, 0.6) is 5.75 Å². The van der Waals surface area contributed by atoms with Gasteiger partial charge in [0, 0.05) is 5.92 Å². The van der Waals surface area contributed by atoms with Crippen LogP contribution in [0.1, 0.15) is 13.8 Å². The van der Waals surface area contributed by atoms with Crippen molar-refractivity contribution in [1.82, 2.24) is 0 Å². The van der Waals surface area contributed by atoms with Gasteiger partial charge in [0.15, 0.2) is 0 Å². The lowest BCUT2D eigenvalue weighted by Crippen LogP contribution is -2.39. The third-order valence-corrected chi connectivity index (χ3v) is 2.26. The number of para-hydroxylation sites is 1. The van der Waals surface area contributed by atoms with Crippen molar-refractivity contribution < 1.29 is 32.2 Å². The molecule has 1 aromatic carbocycles. The SMILES string of the molecule is CC(C)C(OC(=O)C(F)(F)F)C(=O)Oc1ccccc1. The van der Waals surface area contributed by atoms with Gasteiger partial charge in [0.25, 0.3) is 0 Å². The van der Waals surface area contributed by atoms with E-state index in [9.17, 15) is 22.8 Å². The minimum Gasteiger partial charge on any atom is -0.443 e. The number of esters is 2. The molecule has 0 heterocycles. The molecule has 7 heteroatoms. The normalized spacial score (nSPS) is 12.9. The number of halogens is 3. The van der Waals surface area contributed by atoms with Crippen molar-refractivity contribution in [2.75, 3.05) is 0 Å². The highest BCUT2D eigenvalue weighted by Gasteiger charge is 2.44. The van der Waals surface area contributed by atoms with Gasteiger partial charge in [-0.15, -0.1) is 0 Å².